The maximum atomic E-state index is 12.2. The molecule has 23 heavy (non-hydrogen) atoms. The van der Waals surface area contributed by atoms with E-state index in [-0.39, 0.29) is 5.91 Å². The number of hydrogen-bond donors (Lipinski definition) is 2. The highest BCUT2D eigenvalue weighted by molar-refractivity contribution is 5.92. The van der Waals surface area contributed by atoms with Gasteiger partial charge in [-0.3, -0.25) is 14.9 Å². The summed E-state index contributed by atoms with van der Waals surface area (Å²) in [4.78, 5) is 16.5. The van der Waals surface area contributed by atoms with E-state index < -0.39 is 0 Å². The van der Waals surface area contributed by atoms with Gasteiger partial charge in [-0.05, 0) is 36.6 Å². The Morgan fingerprint density at radius 3 is 3.00 bits per heavy atom. The number of rotatable bonds is 4. The SMILES string of the molecule is O=C(Cc1ccc2ncccc2c1)Nc1cc(C2CCC2)n[nH]1. The lowest BCUT2D eigenvalue weighted by Crippen LogP contribution is -2.14. The number of nitrogens with zero attached hydrogens (tertiary/aromatic N) is 2. The molecule has 0 unspecified atom stereocenters. The Labute approximate surface area is 134 Å². The molecule has 0 saturated heterocycles. The van der Waals surface area contributed by atoms with Gasteiger partial charge in [-0.15, -0.1) is 0 Å². The van der Waals surface area contributed by atoms with E-state index in [9.17, 15) is 4.79 Å². The molecule has 116 valence electrons. The van der Waals surface area contributed by atoms with Gasteiger partial charge in [0.25, 0.3) is 0 Å². The normalized spacial score (nSPS) is 14.6. The number of nitrogens with one attached hydrogen (secondary N) is 2. The molecule has 0 atom stereocenters. The monoisotopic (exact) mass is 306 g/mol. The van der Waals surface area contributed by atoms with Crippen molar-refractivity contribution in [2.45, 2.75) is 31.6 Å². The number of pyridine rings is 1. The van der Waals surface area contributed by atoms with E-state index in [1.807, 2.05) is 36.4 Å². The molecule has 0 aliphatic heterocycles. The van der Waals surface area contributed by atoms with E-state index in [1.165, 1.54) is 19.3 Å². The fourth-order valence-electron chi connectivity index (χ4n) is 2.93. The molecular formula is C18H18N4O. The molecule has 3 aromatic rings. The van der Waals surface area contributed by atoms with E-state index in [0.29, 0.717) is 18.2 Å². The average molecular weight is 306 g/mol. The van der Waals surface area contributed by atoms with Crippen LogP contribution in [-0.2, 0) is 11.2 Å². The van der Waals surface area contributed by atoms with Crippen molar-refractivity contribution in [3.8, 4) is 0 Å². The molecule has 1 aliphatic carbocycles. The number of benzene rings is 1. The van der Waals surface area contributed by atoms with E-state index in [4.69, 9.17) is 0 Å². The van der Waals surface area contributed by atoms with Gasteiger partial charge in [0, 0.05) is 23.6 Å². The van der Waals surface area contributed by atoms with E-state index >= 15 is 0 Å². The minimum Gasteiger partial charge on any atom is -0.311 e. The van der Waals surface area contributed by atoms with Crippen LogP contribution in [-0.4, -0.2) is 21.1 Å². The quantitative estimate of drug-likeness (QED) is 0.776. The predicted octanol–water partition coefficient (Wildman–Crippen LogP) is 3.41. The van der Waals surface area contributed by atoms with Crippen molar-refractivity contribution in [1.29, 1.82) is 0 Å². The zero-order valence-electron chi connectivity index (χ0n) is 12.7. The Bertz CT molecular complexity index is 851. The van der Waals surface area contributed by atoms with Crippen molar-refractivity contribution in [2.24, 2.45) is 0 Å². The molecule has 1 aromatic carbocycles. The van der Waals surface area contributed by atoms with Crippen LogP contribution in [0.15, 0.2) is 42.6 Å². The van der Waals surface area contributed by atoms with Gasteiger partial charge >= 0.3 is 0 Å². The van der Waals surface area contributed by atoms with E-state index in [2.05, 4.69) is 20.5 Å². The smallest absolute Gasteiger partial charge is 0.229 e. The average Bonchev–Trinajstić information content (AvgIpc) is 2.93. The van der Waals surface area contributed by atoms with Crippen molar-refractivity contribution in [3.63, 3.8) is 0 Å². The highest BCUT2D eigenvalue weighted by Crippen LogP contribution is 2.35. The summed E-state index contributed by atoms with van der Waals surface area (Å²) < 4.78 is 0. The first-order valence-corrected chi connectivity index (χ1v) is 7.97. The molecule has 2 heterocycles. The lowest BCUT2D eigenvalue weighted by molar-refractivity contribution is -0.115. The highest BCUT2D eigenvalue weighted by atomic mass is 16.1. The molecule has 1 saturated carbocycles. The number of aromatic nitrogens is 3. The molecule has 0 radical (unpaired) electrons. The van der Waals surface area contributed by atoms with Crippen LogP contribution in [0.4, 0.5) is 5.82 Å². The van der Waals surface area contributed by atoms with Crippen LogP contribution in [0.1, 0.15) is 36.4 Å². The molecule has 0 spiro atoms. The van der Waals surface area contributed by atoms with Crippen LogP contribution < -0.4 is 5.32 Å². The van der Waals surface area contributed by atoms with Crippen LogP contribution in [0.25, 0.3) is 10.9 Å². The third-order valence-electron chi connectivity index (χ3n) is 4.43. The van der Waals surface area contributed by atoms with E-state index in [1.54, 1.807) is 6.20 Å². The Morgan fingerprint density at radius 2 is 2.17 bits per heavy atom. The van der Waals surface area contributed by atoms with Crippen molar-refractivity contribution in [1.82, 2.24) is 15.2 Å². The highest BCUT2D eigenvalue weighted by Gasteiger charge is 2.22. The third-order valence-corrected chi connectivity index (χ3v) is 4.43. The lowest BCUT2D eigenvalue weighted by atomic mass is 9.83. The first-order valence-electron chi connectivity index (χ1n) is 7.97. The molecule has 2 aromatic heterocycles. The minimum atomic E-state index is -0.0444. The van der Waals surface area contributed by atoms with Gasteiger partial charge < -0.3 is 5.32 Å². The summed E-state index contributed by atoms with van der Waals surface area (Å²) >= 11 is 0. The number of aromatic amines is 1. The summed E-state index contributed by atoms with van der Waals surface area (Å²) in [6.07, 6.45) is 5.78. The molecule has 0 bridgehead atoms. The third kappa shape index (κ3) is 2.95. The lowest BCUT2D eigenvalue weighted by Gasteiger charge is -2.22. The maximum absolute atomic E-state index is 12.2. The zero-order valence-corrected chi connectivity index (χ0v) is 12.7. The molecule has 5 heteroatoms. The van der Waals surface area contributed by atoms with E-state index in [0.717, 1.165) is 22.2 Å². The van der Waals surface area contributed by atoms with Crippen molar-refractivity contribution < 1.29 is 4.79 Å². The summed E-state index contributed by atoms with van der Waals surface area (Å²) in [5.74, 6) is 1.20. The first kappa shape index (κ1) is 13.9. The van der Waals surface area contributed by atoms with Gasteiger partial charge in [0.1, 0.15) is 5.82 Å². The first-order chi connectivity index (χ1) is 11.3. The second kappa shape index (κ2) is 5.83. The van der Waals surface area contributed by atoms with Crippen molar-refractivity contribution in [3.05, 3.63) is 53.9 Å². The molecule has 4 rings (SSSR count). The molecule has 2 N–H and O–H groups in total. The number of H-pyrrole nitrogens is 1. The summed E-state index contributed by atoms with van der Waals surface area (Å²) in [7, 11) is 0. The van der Waals surface area contributed by atoms with Crippen molar-refractivity contribution in [2.75, 3.05) is 5.32 Å². The standard InChI is InChI=1S/C18H18N4O/c23-18(20-17-11-16(21-22-17)13-3-1-4-13)10-12-6-7-15-14(9-12)5-2-8-19-15/h2,5-9,11,13H,1,3-4,10H2,(H2,20,21,22,23). The maximum Gasteiger partial charge on any atom is 0.229 e. The fourth-order valence-corrected chi connectivity index (χ4v) is 2.93. The second-order valence-corrected chi connectivity index (χ2v) is 6.09. The van der Waals surface area contributed by atoms with Crippen LogP contribution in [0.2, 0.25) is 0 Å². The molecule has 1 aliphatic rings. The zero-order chi connectivity index (χ0) is 15.6. The van der Waals surface area contributed by atoms with Gasteiger partial charge in [0.05, 0.1) is 17.6 Å². The van der Waals surface area contributed by atoms with Crippen LogP contribution >= 0.6 is 0 Å². The molecule has 5 nitrogen and oxygen atoms in total. The van der Waals surface area contributed by atoms with Gasteiger partial charge in [-0.25, -0.2) is 0 Å². The van der Waals surface area contributed by atoms with Crippen LogP contribution in [0.5, 0.6) is 0 Å². The summed E-state index contributed by atoms with van der Waals surface area (Å²) in [5.41, 5.74) is 2.97. The number of anilines is 1. The van der Waals surface area contributed by atoms with Gasteiger partial charge in [-0.1, -0.05) is 18.6 Å². The predicted molar refractivity (Wildman–Crippen MR) is 89.3 cm³/mol. The number of amides is 1. The number of carbonyl (C=O) groups excluding carboxylic acids is 1. The Morgan fingerprint density at radius 1 is 1.26 bits per heavy atom. The van der Waals surface area contributed by atoms with Crippen LogP contribution in [0.3, 0.4) is 0 Å². The van der Waals surface area contributed by atoms with Crippen LogP contribution in [0, 0.1) is 0 Å². The second-order valence-electron chi connectivity index (χ2n) is 6.09. The Hall–Kier alpha value is -2.69. The Kier molecular flexibility index (Phi) is 3.54. The number of hydrogen-bond acceptors (Lipinski definition) is 3. The Balaban J connectivity index is 1.43. The van der Waals surface area contributed by atoms with Gasteiger partial charge in [0.2, 0.25) is 5.91 Å². The fraction of sp³-hybridized carbons (Fsp3) is 0.278. The topological polar surface area (TPSA) is 70.7 Å². The van der Waals surface area contributed by atoms with Gasteiger partial charge in [0.15, 0.2) is 0 Å². The molecular weight excluding hydrogens is 288 g/mol. The summed E-state index contributed by atoms with van der Waals surface area (Å²) in [5, 5.41) is 11.1. The summed E-state index contributed by atoms with van der Waals surface area (Å²) in [6.45, 7) is 0. The van der Waals surface area contributed by atoms with Crippen molar-refractivity contribution >= 4 is 22.6 Å². The number of fused-ring (bicyclic) bond motifs is 1. The van der Waals surface area contributed by atoms with Gasteiger partial charge in [-0.2, -0.15) is 5.10 Å². The molecule has 1 fully saturated rings. The summed E-state index contributed by atoms with van der Waals surface area (Å²) in [6, 6.07) is 11.8. The number of carbonyl (C=O) groups is 1. The molecule has 1 amide bonds. The minimum absolute atomic E-state index is 0.0444. The largest absolute Gasteiger partial charge is 0.311 e.